The molecule has 5 heteroatoms. The average Bonchev–Trinajstić information content (AvgIpc) is 2.89. The molecule has 2 N–H and O–H groups in total. The van der Waals surface area contributed by atoms with E-state index in [1.807, 2.05) is 20.8 Å². The van der Waals surface area contributed by atoms with Crippen LogP contribution in [0.4, 0.5) is 4.79 Å². The molecule has 2 rings (SSSR count). The molecule has 0 aromatic rings. The van der Waals surface area contributed by atoms with Gasteiger partial charge in [0.15, 0.2) is 0 Å². The number of carbonyl (C=O) groups excluding carboxylic acids is 1. The zero-order chi connectivity index (χ0) is 16.5. The van der Waals surface area contributed by atoms with Crippen molar-refractivity contribution in [3.8, 4) is 0 Å². The number of hydrogen-bond donors (Lipinski definition) is 2. The molecule has 0 bridgehead atoms. The molecule has 1 amide bonds. The zero-order valence-corrected chi connectivity index (χ0v) is 14.9. The summed E-state index contributed by atoms with van der Waals surface area (Å²) < 4.78 is 10.8. The van der Waals surface area contributed by atoms with E-state index in [-0.39, 0.29) is 17.6 Å². The van der Waals surface area contributed by atoms with Gasteiger partial charge in [-0.15, -0.1) is 0 Å². The van der Waals surface area contributed by atoms with Crippen LogP contribution in [0.3, 0.4) is 0 Å². The second kappa shape index (κ2) is 6.36. The highest BCUT2D eigenvalue weighted by atomic mass is 16.6. The predicted octanol–water partition coefficient (Wildman–Crippen LogP) is 2.69. The summed E-state index contributed by atoms with van der Waals surface area (Å²) in [7, 11) is 0. The Morgan fingerprint density at radius 2 is 2.00 bits per heavy atom. The van der Waals surface area contributed by atoms with Crippen molar-refractivity contribution in [3.05, 3.63) is 0 Å². The largest absolute Gasteiger partial charge is 0.444 e. The Morgan fingerprint density at radius 3 is 2.50 bits per heavy atom. The van der Waals surface area contributed by atoms with E-state index in [1.54, 1.807) is 0 Å². The van der Waals surface area contributed by atoms with E-state index in [1.165, 1.54) is 0 Å². The summed E-state index contributed by atoms with van der Waals surface area (Å²) >= 11 is 0. The summed E-state index contributed by atoms with van der Waals surface area (Å²) in [5, 5.41) is 6.74. The van der Waals surface area contributed by atoms with Crippen LogP contribution < -0.4 is 10.6 Å². The van der Waals surface area contributed by atoms with Gasteiger partial charge in [0.05, 0.1) is 6.61 Å². The van der Waals surface area contributed by atoms with Gasteiger partial charge in [-0.05, 0) is 46.5 Å². The molecule has 2 aliphatic rings. The van der Waals surface area contributed by atoms with E-state index in [4.69, 9.17) is 9.47 Å². The molecular formula is C17H32N2O3. The molecular weight excluding hydrogens is 280 g/mol. The second-order valence-electron chi connectivity index (χ2n) is 8.39. The van der Waals surface area contributed by atoms with Gasteiger partial charge in [-0.1, -0.05) is 13.8 Å². The average molecular weight is 312 g/mol. The molecule has 0 radical (unpaired) electrons. The van der Waals surface area contributed by atoms with Crippen molar-refractivity contribution >= 4 is 6.09 Å². The number of rotatable bonds is 4. The summed E-state index contributed by atoms with van der Waals surface area (Å²) in [6, 6.07) is 1.03. The quantitative estimate of drug-likeness (QED) is 0.838. The SMILES string of the molecule is CC(NC1CC(NC(=O)OC(C)(C)C)C1(C)C)C1CCOC1. The lowest BCUT2D eigenvalue weighted by Gasteiger charge is -2.53. The zero-order valence-electron chi connectivity index (χ0n) is 14.9. The highest BCUT2D eigenvalue weighted by Crippen LogP contribution is 2.41. The summed E-state index contributed by atoms with van der Waals surface area (Å²) in [5.41, 5.74) is -0.419. The molecule has 1 heterocycles. The first-order valence-electron chi connectivity index (χ1n) is 8.43. The summed E-state index contributed by atoms with van der Waals surface area (Å²) in [4.78, 5) is 11.9. The molecule has 4 atom stereocenters. The monoisotopic (exact) mass is 312 g/mol. The highest BCUT2D eigenvalue weighted by Gasteiger charge is 2.49. The van der Waals surface area contributed by atoms with Gasteiger partial charge in [0.25, 0.3) is 0 Å². The van der Waals surface area contributed by atoms with Crippen molar-refractivity contribution in [2.45, 2.75) is 78.1 Å². The second-order valence-corrected chi connectivity index (χ2v) is 8.39. The van der Waals surface area contributed by atoms with Crippen molar-refractivity contribution in [1.29, 1.82) is 0 Å². The Labute approximate surface area is 134 Å². The lowest BCUT2D eigenvalue weighted by atomic mass is 9.62. The van der Waals surface area contributed by atoms with E-state index in [0.717, 1.165) is 26.1 Å². The fraction of sp³-hybridized carbons (Fsp3) is 0.941. The van der Waals surface area contributed by atoms with E-state index in [9.17, 15) is 4.79 Å². The molecule has 1 saturated carbocycles. The van der Waals surface area contributed by atoms with Crippen LogP contribution in [-0.4, -0.2) is 43.0 Å². The van der Waals surface area contributed by atoms with Crippen LogP contribution in [-0.2, 0) is 9.47 Å². The van der Waals surface area contributed by atoms with E-state index >= 15 is 0 Å². The number of hydrogen-bond acceptors (Lipinski definition) is 4. The van der Waals surface area contributed by atoms with Gasteiger partial charge in [0.2, 0.25) is 0 Å². The first-order chi connectivity index (χ1) is 10.1. The number of carbonyl (C=O) groups is 1. The van der Waals surface area contributed by atoms with Crippen molar-refractivity contribution in [2.24, 2.45) is 11.3 Å². The first kappa shape index (κ1) is 17.5. The van der Waals surface area contributed by atoms with Gasteiger partial charge >= 0.3 is 6.09 Å². The van der Waals surface area contributed by atoms with Crippen LogP contribution in [0, 0.1) is 11.3 Å². The Balaban J connectivity index is 1.80. The molecule has 128 valence electrons. The minimum Gasteiger partial charge on any atom is -0.444 e. The minimum atomic E-state index is -0.452. The van der Waals surface area contributed by atoms with Gasteiger partial charge < -0.3 is 20.1 Å². The molecule has 2 fully saturated rings. The third kappa shape index (κ3) is 4.13. The van der Waals surface area contributed by atoms with Crippen LogP contribution in [0.25, 0.3) is 0 Å². The fourth-order valence-electron chi connectivity index (χ4n) is 3.30. The normalized spacial score (nSPS) is 32.2. The van der Waals surface area contributed by atoms with Crippen LogP contribution in [0.2, 0.25) is 0 Å². The Hall–Kier alpha value is -0.810. The number of alkyl carbamates (subject to hydrolysis) is 1. The lowest BCUT2D eigenvalue weighted by Crippen LogP contribution is -2.67. The number of ether oxygens (including phenoxy) is 2. The van der Waals surface area contributed by atoms with Crippen LogP contribution in [0.5, 0.6) is 0 Å². The molecule has 4 unspecified atom stereocenters. The highest BCUT2D eigenvalue weighted by molar-refractivity contribution is 5.68. The van der Waals surface area contributed by atoms with Crippen molar-refractivity contribution < 1.29 is 14.3 Å². The van der Waals surface area contributed by atoms with Gasteiger partial charge in [-0.25, -0.2) is 4.79 Å². The molecule has 1 aliphatic heterocycles. The Bertz CT molecular complexity index is 397. The smallest absolute Gasteiger partial charge is 0.407 e. The number of amides is 1. The molecule has 22 heavy (non-hydrogen) atoms. The van der Waals surface area contributed by atoms with E-state index in [0.29, 0.717) is 18.0 Å². The standard InChI is InChI=1S/C17H32N2O3/c1-11(12-7-8-21-10-12)18-13-9-14(17(13,5)6)19-15(20)22-16(2,3)4/h11-14,18H,7-10H2,1-6H3,(H,19,20). The molecule has 0 aromatic heterocycles. The molecule has 1 aliphatic carbocycles. The van der Waals surface area contributed by atoms with Crippen molar-refractivity contribution in [1.82, 2.24) is 10.6 Å². The summed E-state index contributed by atoms with van der Waals surface area (Å²) in [5.74, 6) is 0.605. The maximum Gasteiger partial charge on any atom is 0.407 e. The third-order valence-electron chi connectivity index (χ3n) is 5.09. The summed E-state index contributed by atoms with van der Waals surface area (Å²) in [6.07, 6.45) is 1.77. The first-order valence-corrected chi connectivity index (χ1v) is 8.43. The Kier molecular flexibility index (Phi) is 5.07. The van der Waals surface area contributed by atoms with Crippen LogP contribution >= 0.6 is 0 Å². The van der Waals surface area contributed by atoms with Gasteiger partial charge in [0.1, 0.15) is 5.60 Å². The fourth-order valence-corrected chi connectivity index (χ4v) is 3.30. The van der Waals surface area contributed by atoms with Crippen LogP contribution in [0.15, 0.2) is 0 Å². The molecule has 1 saturated heterocycles. The van der Waals surface area contributed by atoms with Crippen molar-refractivity contribution in [2.75, 3.05) is 13.2 Å². The Morgan fingerprint density at radius 1 is 1.32 bits per heavy atom. The predicted molar refractivity (Wildman–Crippen MR) is 86.9 cm³/mol. The van der Waals surface area contributed by atoms with E-state index < -0.39 is 5.60 Å². The maximum atomic E-state index is 11.9. The van der Waals surface area contributed by atoms with Crippen LogP contribution in [0.1, 0.15) is 54.4 Å². The maximum absolute atomic E-state index is 11.9. The van der Waals surface area contributed by atoms with Gasteiger partial charge in [0, 0.05) is 30.1 Å². The van der Waals surface area contributed by atoms with Crippen molar-refractivity contribution in [3.63, 3.8) is 0 Å². The third-order valence-corrected chi connectivity index (χ3v) is 5.09. The topological polar surface area (TPSA) is 59.6 Å². The van der Waals surface area contributed by atoms with Gasteiger partial charge in [-0.2, -0.15) is 0 Å². The minimum absolute atomic E-state index is 0.0324. The van der Waals surface area contributed by atoms with Gasteiger partial charge in [-0.3, -0.25) is 0 Å². The number of nitrogens with one attached hydrogen (secondary N) is 2. The molecule has 0 spiro atoms. The molecule has 5 nitrogen and oxygen atoms in total. The lowest BCUT2D eigenvalue weighted by molar-refractivity contribution is 0.0115. The summed E-state index contributed by atoms with van der Waals surface area (Å²) in [6.45, 7) is 14.0. The molecule has 0 aromatic carbocycles. The van der Waals surface area contributed by atoms with E-state index in [2.05, 4.69) is 31.4 Å².